The third kappa shape index (κ3) is 5.01. The zero-order valence-corrected chi connectivity index (χ0v) is 17.7. The summed E-state index contributed by atoms with van der Waals surface area (Å²) in [7, 11) is 0. The molecule has 5 nitrogen and oxygen atoms in total. The summed E-state index contributed by atoms with van der Waals surface area (Å²) < 4.78 is 1.04. The molecule has 6 heteroatoms. The molecule has 2 heterocycles. The molecular weight excluding hydrogens is 428 g/mol. The molecule has 2 aromatic carbocycles. The molecule has 0 saturated carbocycles. The largest absolute Gasteiger partial charge is 0.356 e. The Balaban J connectivity index is 1.32. The van der Waals surface area contributed by atoms with E-state index in [4.69, 9.17) is 0 Å². The SMILES string of the molecule is O=C(NCc1ccc(Br)cc1)C1CCN(c2cc(-c3ccccc3)ncn2)CC1. The number of amides is 1. The zero-order chi connectivity index (χ0) is 20.1. The van der Waals surface area contributed by atoms with Gasteiger partial charge in [-0.2, -0.15) is 0 Å². The standard InChI is InChI=1S/C23H23BrN4O/c24-20-8-6-17(7-9-20)15-25-23(29)19-10-12-28(13-11-19)22-14-21(26-16-27-22)18-4-2-1-3-5-18/h1-9,14,16,19H,10-13,15H2,(H,25,29). The molecule has 4 rings (SSSR count). The van der Waals surface area contributed by atoms with Crippen LogP contribution in [0.5, 0.6) is 0 Å². The van der Waals surface area contributed by atoms with Crippen LogP contribution in [-0.2, 0) is 11.3 Å². The summed E-state index contributed by atoms with van der Waals surface area (Å²) in [6.45, 7) is 2.21. The van der Waals surface area contributed by atoms with Gasteiger partial charge in [-0.05, 0) is 30.5 Å². The molecule has 1 aromatic heterocycles. The summed E-state index contributed by atoms with van der Waals surface area (Å²) in [5.41, 5.74) is 3.11. The van der Waals surface area contributed by atoms with E-state index in [1.807, 2.05) is 60.7 Å². The van der Waals surface area contributed by atoms with Gasteiger partial charge in [0.2, 0.25) is 5.91 Å². The number of aromatic nitrogens is 2. The van der Waals surface area contributed by atoms with Gasteiger partial charge in [-0.15, -0.1) is 0 Å². The summed E-state index contributed by atoms with van der Waals surface area (Å²) in [6, 6.07) is 20.2. The van der Waals surface area contributed by atoms with E-state index in [1.165, 1.54) is 0 Å². The quantitative estimate of drug-likeness (QED) is 0.623. The number of carbonyl (C=O) groups is 1. The maximum Gasteiger partial charge on any atom is 0.223 e. The Hall–Kier alpha value is -2.73. The summed E-state index contributed by atoms with van der Waals surface area (Å²) in [5, 5.41) is 3.07. The molecule has 1 N–H and O–H groups in total. The first-order valence-electron chi connectivity index (χ1n) is 9.83. The molecule has 1 amide bonds. The molecule has 1 fully saturated rings. The maximum absolute atomic E-state index is 12.6. The number of nitrogens with zero attached hydrogens (tertiary/aromatic N) is 3. The summed E-state index contributed by atoms with van der Waals surface area (Å²) in [4.78, 5) is 23.7. The molecule has 0 aliphatic carbocycles. The molecule has 3 aromatic rings. The zero-order valence-electron chi connectivity index (χ0n) is 16.1. The van der Waals surface area contributed by atoms with E-state index in [1.54, 1.807) is 6.33 Å². The lowest BCUT2D eigenvalue weighted by molar-refractivity contribution is -0.125. The average Bonchev–Trinajstić information content (AvgIpc) is 2.79. The van der Waals surface area contributed by atoms with Crippen molar-refractivity contribution >= 4 is 27.7 Å². The van der Waals surface area contributed by atoms with E-state index in [-0.39, 0.29) is 11.8 Å². The Kier molecular flexibility index (Phi) is 6.20. The van der Waals surface area contributed by atoms with Crippen LogP contribution in [-0.4, -0.2) is 29.0 Å². The average molecular weight is 451 g/mol. The van der Waals surface area contributed by atoms with Crippen LogP contribution in [0.25, 0.3) is 11.3 Å². The highest BCUT2D eigenvalue weighted by Crippen LogP contribution is 2.25. The Morgan fingerprint density at radius 1 is 1.03 bits per heavy atom. The van der Waals surface area contributed by atoms with Crippen molar-refractivity contribution < 1.29 is 4.79 Å². The van der Waals surface area contributed by atoms with Crippen molar-refractivity contribution in [2.45, 2.75) is 19.4 Å². The van der Waals surface area contributed by atoms with E-state index in [0.29, 0.717) is 6.54 Å². The Labute approximate surface area is 179 Å². The van der Waals surface area contributed by atoms with E-state index in [0.717, 1.165) is 53.0 Å². The van der Waals surface area contributed by atoms with Gasteiger partial charge in [0.05, 0.1) is 5.69 Å². The highest BCUT2D eigenvalue weighted by molar-refractivity contribution is 9.10. The first kappa shape index (κ1) is 19.6. The van der Waals surface area contributed by atoms with Gasteiger partial charge in [0.15, 0.2) is 0 Å². The third-order valence-electron chi connectivity index (χ3n) is 5.29. The topological polar surface area (TPSA) is 58.1 Å². The van der Waals surface area contributed by atoms with Crippen LogP contribution in [0.4, 0.5) is 5.82 Å². The first-order chi connectivity index (χ1) is 14.2. The van der Waals surface area contributed by atoms with E-state index in [9.17, 15) is 4.79 Å². The van der Waals surface area contributed by atoms with Crippen LogP contribution in [0.3, 0.4) is 0 Å². The van der Waals surface area contributed by atoms with Crippen molar-refractivity contribution in [2.24, 2.45) is 5.92 Å². The molecule has 0 unspecified atom stereocenters. The number of nitrogens with one attached hydrogen (secondary N) is 1. The molecule has 0 spiro atoms. The lowest BCUT2D eigenvalue weighted by Crippen LogP contribution is -2.40. The fourth-order valence-electron chi connectivity index (χ4n) is 3.59. The van der Waals surface area contributed by atoms with Gasteiger partial charge in [-0.25, -0.2) is 9.97 Å². The van der Waals surface area contributed by atoms with E-state index < -0.39 is 0 Å². The molecule has 1 saturated heterocycles. The summed E-state index contributed by atoms with van der Waals surface area (Å²) in [6.07, 6.45) is 3.28. The summed E-state index contributed by atoms with van der Waals surface area (Å²) in [5.74, 6) is 1.12. The first-order valence-corrected chi connectivity index (χ1v) is 10.6. The number of rotatable bonds is 5. The lowest BCUT2D eigenvalue weighted by atomic mass is 9.95. The summed E-state index contributed by atoms with van der Waals surface area (Å²) >= 11 is 3.43. The second kappa shape index (κ2) is 9.18. The maximum atomic E-state index is 12.6. The van der Waals surface area contributed by atoms with Crippen molar-refractivity contribution in [1.82, 2.24) is 15.3 Å². The van der Waals surface area contributed by atoms with Gasteiger partial charge < -0.3 is 10.2 Å². The molecular formula is C23H23BrN4O. The molecule has 29 heavy (non-hydrogen) atoms. The predicted molar refractivity (Wildman–Crippen MR) is 118 cm³/mol. The van der Waals surface area contributed by atoms with Crippen LogP contribution < -0.4 is 10.2 Å². The number of anilines is 1. The highest BCUT2D eigenvalue weighted by atomic mass is 79.9. The minimum absolute atomic E-state index is 0.0529. The third-order valence-corrected chi connectivity index (χ3v) is 5.82. The smallest absolute Gasteiger partial charge is 0.223 e. The minimum atomic E-state index is 0.0529. The fraction of sp³-hybridized carbons (Fsp3) is 0.261. The van der Waals surface area contributed by atoms with Crippen LogP contribution in [0.1, 0.15) is 18.4 Å². The van der Waals surface area contributed by atoms with Crippen LogP contribution >= 0.6 is 15.9 Å². The normalized spacial score (nSPS) is 14.6. The van der Waals surface area contributed by atoms with Gasteiger partial charge in [0.1, 0.15) is 12.1 Å². The number of benzene rings is 2. The Morgan fingerprint density at radius 2 is 1.76 bits per heavy atom. The van der Waals surface area contributed by atoms with Crippen molar-refractivity contribution in [3.63, 3.8) is 0 Å². The van der Waals surface area contributed by atoms with Crippen LogP contribution in [0, 0.1) is 5.92 Å². The predicted octanol–water partition coefficient (Wildman–Crippen LogP) is 4.44. The van der Waals surface area contributed by atoms with E-state index >= 15 is 0 Å². The molecule has 1 aliphatic rings. The van der Waals surface area contributed by atoms with Crippen molar-refractivity contribution in [2.75, 3.05) is 18.0 Å². The lowest BCUT2D eigenvalue weighted by Gasteiger charge is -2.32. The number of hydrogen-bond acceptors (Lipinski definition) is 4. The van der Waals surface area contributed by atoms with Crippen LogP contribution in [0.2, 0.25) is 0 Å². The van der Waals surface area contributed by atoms with Crippen LogP contribution in [0.15, 0.2) is 71.5 Å². The molecule has 0 atom stereocenters. The Bertz CT molecular complexity index is 954. The fourth-order valence-corrected chi connectivity index (χ4v) is 3.86. The van der Waals surface area contributed by atoms with Gasteiger partial charge >= 0.3 is 0 Å². The second-order valence-electron chi connectivity index (χ2n) is 7.23. The van der Waals surface area contributed by atoms with Gasteiger partial charge in [0, 0.05) is 41.7 Å². The molecule has 148 valence electrons. The second-order valence-corrected chi connectivity index (χ2v) is 8.15. The number of carbonyl (C=O) groups excluding carboxylic acids is 1. The molecule has 1 aliphatic heterocycles. The number of halogens is 1. The van der Waals surface area contributed by atoms with Gasteiger partial charge in [-0.3, -0.25) is 4.79 Å². The molecule has 0 radical (unpaired) electrons. The molecule has 0 bridgehead atoms. The van der Waals surface area contributed by atoms with Crippen molar-refractivity contribution in [3.05, 3.63) is 77.0 Å². The van der Waals surface area contributed by atoms with Crippen molar-refractivity contribution in [3.8, 4) is 11.3 Å². The monoisotopic (exact) mass is 450 g/mol. The van der Waals surface area contributed by atoms with Crippen molar-refractivity contribution in [1.29, 1.82) is 0 Å². The Morgan fingerprint density at radius 3 is 2.48 bits per heavy atom. The van der Waals surface area contributed by atoms with E-state index in [2.05, 4.69) is 36.1 Å². The number of hydrogen-bond donors (Lipinski definition) is 1. The highest BCUT2D eigenvalue weighted by Gasteiger charge is 2.25. The van der Waals surface area contributed by atoms with Gasteiger partial charge in [0.25, 0.3) is 0 Å². The minimum Gasteiger partial charge on any atom is -0.356 e. The van der Waals surface area contributed by atoms with Gasteiger partial charge in [-0.1, -0.05) is 58.4 Å². The number of piperidine rings is 1.